The first-order valence-electron chi connectivity index (χ1n) is 10.1. The maximum absolute atomic E-state index is 13.0. The van der Waals surface area contributed by atoms with E-state index in [1.165, 1.54) is 26.6 Å². The van der Waals surface area contributed by atoms with Gasteiger partial charge in [0.25, 0.3) is 0 Å². The number of rotatable bonds is 4. The van der Waals surface area contributed by atoms with Gasteiger partial charge in [0.1, 0.15) is 6.04 Å². The van der Waals surface area contributed by atoms with Crippen molar-refractivity contribution in [3.05, 3.63) is 83.9 Å². The second-order valence-corrected chi connectivity index (χ2v) is 9.67. The van der Waals surface area contributed by atoms with E-state index in [0.717, 1.165) is 6.42 Å². The van der Waals surface area contributed by atoms with Crippen molar-refractivity contribution in [1.82, 2.24) is 4.31 Å². The van der Waals surface area contributed by atoms with E-state index < -0.39 is 16.1 Å². The Balaban J connectivity index is 1.36. The van der Waals surface area contributed by atoms with Gasteiger partial charge in [0, 0.05) is 12.2 Å². The molecule has 1 aliphatic heterocycles. The highest BCUT2D eigenvalue weighted by molar-refractivity contribution is 7.89. The molecule has 1 N–H and O–H groups in total. The van der Waals surface area contributed by atoms with Crippen molar-refractivity contribution < 1.29 is 13.2 Å². The molecule has 2 aliphatic rings. The van der Waals surface area contributed by atoms with Crippen LogP contribution in [0.15, 0.2) is 77.7 Å². The molecule has 0 radical (unpaired) electrons. The zero-order valence-electron chi connectivity index (χ0n) is 16.4. The number of fused-ring (bicyclic) bond motifs is 3. The van der Waals surface area contributed by atoms with Crippen molar-refractivity contribution in [1.29, 1.82) is 0 Å². The minimum absolute atomic E-state index is 0.222. The van der Waals surface area contributed by atoms with Crippen LogP contribution in [-0.4, -0.2) is 31.2 Å². The number of anilines is 1. The zero-order valence-corrected chi connectivity index (χ0v) is 17.2. The first kappa shape index (κ1) is 19.0. The van der Waals surface area contributed by atoms with Gasteiger partial charge < -0.3 is 5.32 Å². The molecule has 5 rings (SSSR count). The van der Waals surface area contributed by atoms with Crippen molar-refractivity contribution in [2.24, 2.45) is 0 Å². The highest BCUT2D eigenvalue weighted by atomic mass is 32.2. The van der Waals surface area contributed by atoms with Gasteiger partial charge in [-0.3, -0.25) is 4.79 Å². The van der Waals surface area contributed by atoms with E-state index in [-0.39, 0.29) is 10.8 Å². The van der Waals surface area contributed by atoms with Gasteiger partial charge in [0.05, 0.1) is 4.90 Å². The summed E-state index contributed by atoms with van der Waals surface area (Å²) >= 11 is 0. The van der Waals surface area contributed by atoms with Gasteiger partial charge in [-0.1, -0.05) is 48.5 Å². The van der Waals surface area contributed by atoms with Crippen LogP contribution in [0, 0.1) is 0 Å². The Morgan fingerprint density at radius 3 is 2.47 bits per heavy atom. The SMILES string of the molecule is O=C(Nc1ccc2c(c1)Cc1ccccc1-2)C1CCCN1S(=O)(=O)c1ccccc1. The van der Waals surface area contributed by atoms with Crippen LogP contribution >= 0.6 is 0 Å². The molecule has 5 nitrogen and oxygen atoms in total. The molecule has 1 fully saturated rings. The summed E-state index contributed by atoms with van der Waals surface area (Å²) < 4.78 is 27.4. The Bertz CT molecular complexity index is 1220. The molecule has 0 saturated carbocycles. The molecule has 1 saturated heterocycles. The molecule has 1 heterocycles. The zero-order chi connectivity index (χ0) is 20.7. The van der Waals surface area contributed by atoms with Crippen LogP contribution in [0.4, 0.5) is 5.69 Å². The lowest BCUT2D eigenvalue weighted by atomic mass is 10.1. The van der Waals surface area contributed by atoms with E-state index in [9.17, 15) is 13.2 Å². The number of amides is 1. The third-order valence-electron chi connectivity index (χ3n) is 5.92. The number of benzene rings is 3. The Hall–Kier alpha value is -2.96. The summed E-state index contributed by atoms with van der Waals surface area (Å²) in [6.45, 7) is 0.356. The quantitative estimate of drug-likeness (QED) is 0.544. The molecule has 0 aromatic heterocycles. The number of hydrogen-bond acceptors (Lipinski definition) is 3. The monoisotopic (exact) mass is 418 g/mol. The maximum atomic E-state index is 13.0. The molecule has 152 valence electrons. The van der Waals surface area contributed by atoms with Gasteiger partial charge in [-0.2, -0.15) is 4.31 Å². The fraction of sp³-hybridized carbons (Fsp3) is 0.208. The smallest absolute Gasteiger partial charge is 0.243 e. The van der Waals surface area contributed by atoms with Crippen molar-refractivity contribution in [3.63, 3.8) is 0 Å². The number of nitrogens with one attached hydrogen (secondary N) is 1. The summed E-state index contributed by atoms with van der Waals surface area (Å²) in [4.78, 5) is 13.2. The van der Waals surface area contributed by atoms with Gasteiger partial charge in [-0.15, -0.1) is 0 Å². The minimum atomic E-state index is -3.70. The summed E-state index contributed by atoms with van der Waals surface area (Å²) in [6, 6.07) is 21.8. The fourth-order valence-electron chi connectivity index (χ4n) is 4.47. The molecule has 30 heavy (non-hydrogen) atoms. The van der Waals surface area contributed by atoms with Crippen LogP contribution in [0.5, 0.6) is 0 Å². The molecule has 3 aromatic rings. The number of hydrogen-bond donors (Lipinski definition) is 1. The summed E-state index contributed by atoms with van der Waals surface area (Å²) in [5, 5.41) is 2.95. The lowest BCUT2D eigenvalue weighted by molar-refractivity contribution is -0.119. The number of sulfonamides is 1. The molecule has 3 aromatic carbocycles. The van der Waals surface area contributed by atoms with E-state index in [1.807, 2.05) is 30.3 Å². The highest BCUT2D eigenvalue weighted by Gasteiger charge is 2.39. The summed E-state index contributed by atoms with van der Waals surface area (Å²) in [5.41, 5.74) is 5.59. The van der Waals surface area contributed by atoms with E-state index in [2.05, 4.69) is 17.4 Å². The number of nitrogens with zero attached hydrogens (tertiary/aromatic N) is 1. The van der Waals surface area contributed by atoms with Crippen LogP contribution < -0.4 is 5.32 Å². The first-order valence-corrected chi connectivity index (χ1v) is 11.6. The molecule has 1 aliphatic carbocycles. The molecule has 6 heteroatoms. The Labute approximate surface area is 176 Å². The average Bonchev–Trinajstić information content (AvgIpc) is 3.39. The third-order valence-corrected chi connectivity index (χ3v) is 7.84. The largest absolute Gasteiger partial charge is 0.325 e. The second kappa shape index (κ2) is 7.38. The molecular weight excluding hydrogens is 396 g/mol. The van der Waals surface area contributed by atoms with Gasteiger partial charge in [-0.05, 0) is 65.8 Å². The van der Waals surface area contributed by atoms with E-state index in [4.69, 9.17) is 0 Å². The molecule has 1 amide bonds. The predicted octanol–water partition coefficient (Wildman–Crippen LogP) is 4.05. The van der Waals surface area contributed by atoms with Gasteiger partial charge >= 0.3 is 0 Å². The van der Waals surface area contributed by atoms with Crippen LogP contribution in [-0.2, 0) is 21.2 Å². The van der Waals surface area contributed by atoms with E-state index in [0.29, 0.717) is 25.1 Å². The Morgan fingerprint density at radius 2 is 1.63 bits per heavy atom. The Morgan fingerprint density at radius 1 is 0.900 bits per heavy atom. The average molecular weight is 419 g/mol. The van der Waals surface area contributed by atoms with E-state index in [1.54, 1.807) is 30.3 Å². The van der Waals surface area contributed by atoms with Crippen molar-refractivity contribution >= 4 is 21.6 Å². The topological polar surface area (TPSA) is 66.5 Å². The van der Waals surface area contributed by atoms with Gasteiger partial charge in [0.2, 0.25) is 15.9 Å². The van der Waals surface area contributed by atoms with Crippen molar-refractivity contribution in [2.45, 2.75) is 30.2 Å². The summed E-state index contributed by atoms with van der Waals surface area (Å²) in [6.07, 6.45) is 2.03. The first-order chi connectivity index (χ1) is 14.5. The van der Waals surface area contributed by atoms with Gasteiger partial charge in [-0.25, -0.2) is 8.42 Å². The predicted molar refractivity (Wildman–Crippen MR) is 117 cm³/mol. The molecule has 0 spiro atoms. The normalized spacial score (nSPS) is 18.1. The van der Waals surface area contributed by atoms with Crippen LogP contribution in [0.25, 0.3) is 11.1 Å². The van der Waals surface area contributed by atoms with E-state index >= 15 is 0 Å². The standard InChI is InChI=1S/C24H22N2O3S/c27-24(23-11-6-14-26(23)30(28,29)20-8-2-1-3-9-20)25-19-12-13-22-18(16-19)15-17-7-4-5-10-21(17)22/h1-5,7-10,12-13,16,23H,6,11,14-15H2,(H,25,27). The maximum Gasteiger partial charge on any atom is 0.243 e. The van der Waals surface area contributed by atoms with Crippen LogP contribution in [0.2, 0.25) is 0 Å². The molecular formula is C24H22N2O3S. The third kappa shape index (κ3) is 3.22. The highest BCUT2D eigenvalue weighted by Crippen LogP contribution is 2.37. The molecule has 0 bridgehead atoms. The minimum Gasteiger partial charge on any atom is -0.325 e. The van der Waals surface area contributed by atoms with Crippen molar-refractivity contribution in [2.75, 3.05) is 11.9 Å². The fourth-order valence-corrected chi connectivity index (χ4v) is 6.14. The lowest BCUT2D eigenvalue weighted by Gasteiger charge is -2.23. The van der Waals surface area contributed by atoms with Crippen LogP contribution in [0.1, 0.15) is 24.0 Å². The van der Waals surface area contributed by atoms with Crippen LogP contribution in [0.3, 0.4) is 0 Å². The summed E-state index contributed by atoms with van der Waals surface area (Å²) in [5.74, 6) is -0.275. The van der Waals surface area contributed by atoms with Crippen molar-refractivity contribution in [3.8, 4) is 11.1 Å². The molecule has 1 atom stereocenters. The van der Waals surface area contributed by atoms with Gasteiger partial charge in [0.15, 0.2) is 0 Å². The number of carbonyl (C=O) groups is 1. The number of carbonyl (C=O) groups excluding carboxylic acids is 1. The second-order valence-electron chi connectivity index (χ2n) is 7.78. The lowest BCUT2D eigenvalue weighted by Crippen LogP contribution is -2.43. The molecule has 1 unspecified atom stereocenters. The summed E-state index contributed by atoms with van der Waals surface area (Å²) in [7, 11) is -3.70. The Kier molecular flexibility index (Phi) is 4.68.